The molecular weight excluding hydrogens is 382 g/mol. The van der Waals surface area contributed by atoms with E-state index in [0.717, 1.165) is 5.56 Å². The third kappa shape index (κ3) is 3.75. The number of aromatic nitrogens is 2. The lowest BCUT2D eigenvalue weighted by Crippen LogP contribution is -2.36. The topological polar surface area (TPSA) is 96.8 Å². The Labute approximate surface area is 173 Å². The molecule has 0 aliphatic carbocycles. The number of methoxy groups -OCH3 is 1. The number of nitrogens with zero attached hydrogens (tertiary/aromatic N) is 4. The molecule has 150 valence electrons. The van der Waals surface area contributed by atoms with Crippen LogP contribution in [0.4, 0.5) is 11.4 Å². The molecule has 4 rings (SSSR count). The first-order valence-corrected chi connectivity index (χ1v) is 9.27. The van der Waals surface area contributed by atoms with E-state index in [1.54, 1.807) is 75.1 Å². The molecule has 0 fully saturated rings. The maximum Gasteiger partial charge on any atom is 0.265 e. The van der Waals surface area contributed by atoms with Crippen molar-refractivity contribution in [1.29, 1.82) is 0 Å². The second-order valence-corrected chi connectivity index (χ2v) is 6.68. The molecule has 8 nitrogen and oxygen atoms in total. The highest BCUT2D eigenvalue weighted by atomic mass is 16.5. The van der Waals surface area contributed by atoms with E-state index in [0.29, 0.717) is 28.5 Å². The van der Waals surface area contributed by atoms with Crippen LogP contribution in [0, 0.1) is 5.92 Å². The van der Waals surface area contributed by atoms with Crippen molar-refractivity contribution < 1.29 is 14.3 Å². The molecule has 2 amide bonds. The summed E-state index contributed by atoms with van der Waals surface area (Å²) in [5, 5.41) is 8.34. The van der Waals surface area contributed by atoms with Crippen LogP contribution in [0.25, 0.3) is 11.3 Å². The minimum atomic E-state index is -0.993. The van der Waals surface area contributed by atoms with Crippen molar-refractivity contribution in [2.24, 2.45) is 11.0 Å². The van der Waals surface area contributed by atoms with E-state index in [2.05, 4.69) is 20.4 Å². The predicted octanol–water partition coefficient (Wildman–Crippen LogP) is 3.13. The Morgan fingerprint density at radius 3 is 2.63 bits per heavy atom. The van der Waals surface area contributed by atoms with Gasteiger partial charge in [0.25, 0.3) is 5.91 Å². The van der Waals surface area contributed by atoms with E-state index in [4.69, 9.17) is 4.74 Å². The average Bonchev–Trinajstić information content (AvgIpc) is 3.08. The largest absolute Gasteiger partial charge is 0.497 e. The molecule has 2 aromatic carbocycles. The SMILES string of the molecule is COc1ccc(N2N=C(C)C(C(=O)Nc3cccc(-c4cnccn4)c3)C2=O)cc1. The van der Waals surface area contributed by atoms with Crippen molar-refractivity contribution in [3.05, 3.63) is 67.1 Å². The standard InChI is InChI=1S/C22H19N5O3/c1-14-20(22(29)27(26-14)17-6-8-18(30-2)9-7-17)21(28)25-16-5-3-4-15(12-16)19-13-23-10-11-24-19/h3-13,20H,1-2H3,(H,25,28). The lowest BCUT2D eigenvalue weighted by molar-refractivity contribution is -0.127. The van der Waals surface area contributed by atoms with Crippen molar-refractivity contribution >= 4 is 28.9 Å². The summed E-state index contributed by atoms with van der Waals surface area (Å²) >= 11 is 0. The number of ether oxygens (including phenoxy) is 1. The molecular formula is C22H19N5O3. The summed E-state index contributed by atoms with van der Waals surface area (Å²) in [6, 6.07) is 14.1. The van der Waals surface area contributed by atoms with E-state index < -0.39 is 17.7 Å². The molecule has 0 saturated carbocycles. The second kappa shape index (κ2) is 8.12. The summed E-state index contributed by atoms with van der Waals surface area (Å²) in [6.45, 7) is 1.67. The van der Waals surface area contributed by atoms with Crippen LogP contribution in [-0.4, -0.2) is 34.6 Å². The highest BCUT2D eigenvalue weighted by molar-refractivity contribution is 6.28. The number of hydrogen-bond donors (Lipinski definition) is 1. The van der Waals surface area contributed by atoms with Gasteiger partial charge in [0.05, 0.1) is 30.4 Å². The zero-order valence-corrected chi connectivity index (χ0v) is 16.4. The Balaban J connectivity index is 1.51. The van der Waals surface area contributed by atoms with Gasteiger partial charge in [-0.1, -0.05) is 12.1 Å². The van der Waals surface area contributed by atoms with Crippen molar-refractivity contribution in [2.45, 2.75) is 6.92 Å². The Morgan fingerprint density at radius 1 is 1.13 bits per heavy atom. The van der Waals surface area contributed by atoms with Gasteiger partial charge in [0, 0.05) is 23.6 Å². The van der Waals surface area contributed by atoms with Gasteiger partial charge in [0.15, 0.2) is 5.92 Å². The molecule has 1 unspecified atom stereocenters. The summed E-state index contributed by atoms with van der Waals surface area (Å²) in [6.07, 6.45) is 4.84. The number of nitrogens with one attached hydrogen (secondary N) is 1. The van der Waals surface area contributed by atoms with Gasteiger partial charge in [-0.25, -0.2) is 0 Å². The van der Waals surface area contributed by atoms with Gasteiger partial charge in [0.2, 0.25) is 5.91 Å². The molecule has 1 aliphatic rings. The molecule has 1 aromatic heterocycles. The maximum atomic E-state index is 12.9. The molecule has 1 aliphatic heterocycles. The minimum Gasteiger partial charge on any atom is -0.497 e. The number of carbonyl (C=O) groups excluding carboxylic acids is 2. The van der Waals surface area contributed by atoms with Gasteiger partial charge < -0.3 is 10.1 Å². The summed E-state index contributed by atoms with van der Waals surface area (Å²) in [5.74, 6) is -1.16. The lowest BCUT2D eigenvalue weighted by atomic mass is 10.0. The minimum absolute atomic E-state index is 0.403. The van der Waals surface area contributed by atoms with Crippen LogP contribution in [0.5, 0.6) is 5.75 Å². The van der Waals surface area contributed by atoms with Crippen LogP contribution >= 0.6 is 0 Å². The van der Waals surface area contributed by atoms with Gasteiger partial charge >= 0.3 is 0 Å². The zero-order valence-electron chi connectivity index (χ0n) is 16.4. The number of carbonyl (C=O) groups is 2. The second-order valence-electron chi connectivity index (χ2n) is 6.68. The summed E-state index contributed by atoms with van der Waals surface area (Å²) in [4.78, 5) is 34.1. The summed E-state index contributed by atoms with van der Waals surface area (Å²) < 4.78 is 5.14. The fourth-order valence-corrected chi connectivity index (χ4v) is 3.19. The van der Waals surface area contributed by atoms with Crippen LogP contribution < -0.4 is 15.1 Å². The van der Waals surface area contributed by atoms with Crippen molar-refractivity contribution in [3.63, 3.8) is 0 Å². The number of amides is 2. The van der Waals surface area contributed by atoms with Crippen LogP contribution in [-0.2, 0) is 9.59 Å². The van der Waals surface area contributed by atoms with Crippen LogP contribution in [0.15, 0.2) is 72.2 Å². The van der Waals surface area contributed by atoms with Crippen LogP contribution in [0.2, 0.25) is 0 Å². The van der Waals surface area contributed by atoms with E-state index >= 15 is 0 Å². The fraction of sp³-hybridized carbons (Fsp3) is 0.136. The smallest absolute Gasteiger partial charge is 0.265 e. The average molecular weight is 401 g/mol. The number of hydrazone groups is 1. The summed E-state index contributed by atoms with van der Waals surface area (Å²) in [7, 11) is 1.57. The van der Waals surface area contributed by atoms with E-state index in [-0.39, 0.29) is 0 Å². The van der Waals surface area contributed by atoms with Crippen molar-refractivity contribution in [2.75, 3.05) is 17.4 Å². The molecule has 3 aromatic rings. The van der Waals surface area contributed by atoms with Gasteiger partial charge in [-0.2, -0.15) is 10.1 Å². The van der Waals surface area contributed by atoms with Gasteiger partial charge in [0.1, 0.15) is 5.75 Å². The first-order valence-electron chi connectivity index (χ1n) is 9.27. The van der Waals surface area contributed by atoms with Gasteiger partial charge in [-0.05, 0) is 43.3 Å². The highest BCUT2D eigenvalue weighted by Crippen LogP contribution is 2.27. The third-order valence-electron chi connectivity index (χ3n) is 4.70. The molecule has 0 bridgehead atoms. The Bertz CT molecular complexity index is 1110. The van der Waals surface area contributed by atoms with Gasteiger partial charge in [-0.3, -0.25) is 19.6 Å². The lowest BCUT2D eigenvalue weighted by Gasteiger charge is -2.15. The monoisotopic (exact) mass is 401 g/mol. The molecule has 30 heavy (non-hydrogen) atoms. The number of rotatable bonds is 5. The van der Waals surface area contributed by atoms with Crippen LogP contribution in [0.1, 0.15) is 6.92 Å². The normalized spacial score (nSPS) is 15.7. The zero-order chi connectivity index (χ0) is 21.1. The quantitative estimate of drug-likeness (QED) is 0.663. The van der Waals surface area contributed by atoms with Crippen LogP contribution in [0.3, 0.4) is 0 Å². The first kappa shape index (κ1) is 19.3. The number of benzene rings is 2. The van der Waals surface area contributed by atoms with Crippen molar-refractivity contribution in [3.8, 4) is 17.0 Å². The van der Waals surface area contributed by atoms with E-state index in [1.807, 2.05) is 6.07 Å². The molecule has 1 atom stereocenters. The maximum absolute atomic E-state index is 12.9. The molecule has 1 N–H and O–H groups in total. The van der Waals surface area contributed by atoms with E-state index in [1.165, 1.54) is 5.01 Å². The molecule has 2 heterocycles. The fourth-order valence-electron chi connectivity index (χ4n) is 3.19. The summed E-state index contributed by atoms with van der Waals surface area (Å²) in [5.41, 5.74) is 3.06. The third-order valence-corrected chi connectivity index (χ3v) is 4.70. The molecule has 8 heteroatoms. The highest BCUT2D eigenvalue weighted by Gasteiger charge is 2.39. The van der Waals surface area contributed by atoms with Crippen molar-refractivity contribution in [1.82, 2.24) is 9.97 Å². The Hall–Kier alpha value is -4.07. The molecule has 0 radical (unpaired) electrons. The van der Waals surface area contributed by atoms with Gasteiger partial charge in [-0.15, -0.1) is 0 Å². The Morgan fingerprint density at radius 2 is 1.93 bits per heavy atom. The molecule has 0 spiro atoms. The molecule has 0 saturated heterocycles. The predicted molar refractivity (Wildman–Crippen MR) is 113 cm³/mol. The van der Waals surface area contributed by atoms with E-state index in [9.17, 15) is 9.59 Å². The Kier molecular flexibility index (Phi) is 5.21. The first-order chi connectivity index (χ1) is 14.6. The number of hydrogen-bond acceptors (Lipinski definition) is 6. The number of anilines is 2.